The van der Waals surface area contributed by atoms with Crippen molar-refractivity contribution in [1.29, 1.82) is 5.26 Å². The number of nitriles is 1. The highest BCUT2D eigenvalue weighted by atomic mass is 19.1. The lowest BCUT2D eigenvalue weighted by Gasteiger charge is -1.93. The summed E-state index contributed by atoms with van der Waals surface area (Å²) < 4.78 is 18.5. The molecule has 15 heavy (non-hydrogen) atoms. The predicted octanol–water partition coefficient (Wildman–Crippen LogP) is 3.32. The van der Waals surface area contributed by atoms with Gasteiger partial charge in [-0.25, -0.2) is 4.39 Å². The van der Waals surface area contributed by atoms with Gasteiger partial charge in [0.2, 0.25) is 5.76 Å². The van der Waals surface area contributed by atoms with Crippen LogP contribution in [-0.4, -0.2) is 0 Å². The van der Waals surface area contributed by atoms with Crippen molar-refractivity contribution in [1.82, 2.24) is 0 Å². The van der Waals surface area contributed by atoms with Gasteiger partial charge >= 0.3 is 0 Å². The molecule has 0 aliphatic heterocycles. The van der Waals surface area contributed by atoms with E-state index in [1.54, 1.807) is 6.07 Å². The molecule has 0 atom stereocenters. The Morgan fingerprint density at radius 2 is 2.20 bits per heavy atom. The Labute approximate surface area is 85.9 Å². The molecule has 1 aliphatic carbocycles. The Hall–Kier alpha value is -1.82. The molecule has 1 aromatic heterocycles. The van der Waals surface area contributed by atoms with Crippen LogP contribution in [0.5, 0.6) is 0 Å². The second kappa shape index (κ2) is 2.83. The SMILES string of the molecule is N#Cc1oc2ccc(F)cc2c1C1CC1. The third-order valence-electron chi connectivity index (χ3n) is 2.78. The first-order valence-electron chi connectivity index (χ1n) is 4.91. The summed E-state index contributed by atoms with van der Waals surface area (Å²) in [6.07, 6.45) is 2.14. The lowest BCUT2D eigenvalue weighted by atomic mass is 10.1. The number of benzene rings is 1. The molecule has 0 amide bonds. The molecule has 3 rings (SSSR count). The lowest BCUT2D eigenvalue weighted by Crippen LogP contribution is -1.81. The molecule has 0 unspecified atom stereocenters. The molecule has 2 nitrogen and oxygen atoms in total. The van der Waals surface area contributed by atoms with E-state index in [0.717, 1.165) is 23.8 Å². The molecule has 74 valence electrons. The number of fused-ring (bicyclic) bond motifs is 1. The molecule has 1 heterocycles. The molecule has 1 saturated carbocycles. The van der Waals surface area contributed by atoms with E-state index in [1.807, 2.05) is 6.07 Å². The van der Waals surface area contributed by atoms with E-state index in [2.05, 4.69) is 0 Å². The number of hydrogen-bond donors (Lipinski definition) is 0. The van der Waals surface area contributed by atoms with Crippen LogP contribution in [0.3, 0.4) is 0 Å². The first-order chi connectivity index (χ1) is 7.29. The fourth-order valence-electron chi connectivity index (χ4n) is 1.95. The molecular weight excluding hydrogens is 193 g/mol. The quantitative estimate of drug-likeness (QED) is 0.709. The van der Waals surface area contributed by atoms with Crippen molar-refractivity contribution >= 4 is 11.0 Å². The maximum Gasteiger partial charge on any atom is 0.208 e. The summed E-state index contributed by atoms with van der Waals surface area (Å²) in [5.41, 5.74) is 1.50. The molecule has 2 aromatic rings. The molecule has 1 fully saturated rings. The van der Waals surface area contributed by atoms with Crippen molar-refractivity contribution in [2.45, 2.75) is 18.8 Å². The highest BCUT2D eigenvalue weighted by Gasteiger charge is 2.31. The van der Waals surface area contributed by atoms with Crippen molar-refractivity contribution in [3.8, 4) is 6.07 Å². The molecular formula is C12H8FNO. The van der Waals surface area contributed by atoms with Crippen LogP contribution < -0.4 is 0 Å². The largest absolute Gasteiger partial charge is 0.445 e. The van der Waals surface area contributed by atoms with E-state index < -0.39 is 0 Å². The summed E-state index contributed by atoms with van der Waals surface area (Å²) in [6, 6.07) is 6.42. The van der Waals surface area contributed by atoms with Gasteiger partial charge in [-0.1, -0.05) is 0 Å². The third kappa shape index (κ3) is 1.22. The van der Waals surface area contributed by atoms with Gasteiger partial charge in [0.1, 0.15) is 17.5 Å². The van der Waals surface area contributed by atoms with Crippen LogP contribution in [0.25, 0.3) is 11.0 Å². The molecule has 0 bridgehead atoms. The maximum absolute atomic E-state index is 13.1. The van der Waals surface area contributed by atoms with Crippen LogP contribution in [0.15, 0.2) is 22.6 Å². The average molecular weight is 201 g/mol. The maximum atomic E-state index is 13.1. The first kappa shape index (κ1) is 8.49. The number of halogens is 1. The summed E-state index contributed by atoms with van der Waals surface area (Å²) in [5.74, 6) is 0.454. The van der Waals surface area contributed by atoms with Crippen LogP contribution >= 0.6 is 0 Å². The first-order valence-corrected chi connectivity index (χ1v) is 4.91. The monoisotopic (exact) mass is 201 g/mol. The molecule has 3 heteroatoms. The summed E-state index contributed by atoms with van der Waals surface area (Å²) in [6.45, 7) is 0. The lowest BCUT2D eigenvalue weighted by molar-refractivity contribution is 0.591. The Morgan fingerprint density at radius 3 is 2.87 bits per heavy atom. The normalized spacial score (nSPS) is 15.5. The zero-order chi connectivity index (χ0) is 10.4. The smallest absolute Gasteiger partial charge is 0.208 e. The fraction of sp³-hybridized carbons (Fsp3) is 0.250. The second-order valence-electron chi connectivity index (χ2n) is 3.87. The number of nitrogens with zero attached hydrogens (tertiary/aromatic N) is 1. The standard InChI is InChI=1S/C12H8FNO/c13-8-3-4-10-9(5-8)12(7-1-2-7)11(6-14)15-10/h3-5,7H,1-2H2. The summed E-state index contributed by atoms with van der Waals surface area (Å²) >= 11 is 0. The predicted molar refractivity (Wildman–Crippen MR) is 52.9 cm³/mol. The van der Waals surface area contributed by atoms with E-state index in [-0.39, 0.29) is 5.82 Å². The summed E-state index contributed by atoms with van der Waals surface area (Å²) in [5, 5.41) is 9.69. The highest BCUT2D eigenvalue weighted by molar-refractivity contribution is 5.84. The van der Waals surface area contributed by atoms with E-state index in [0.29, 0.717) is 17.3 Å². The topological polar surface area (TPSA) is 36.9 Å². The van der Waals surface area contributed by atoms with Crippen molar-refractivity contribution in [3.63, 3.8) is 0 Å². The molecule has 1 aliphatic rings. The van der Waals surface area contributed by atoms with Gasteiger partial charge in [-0.2, -0.15) is 5.26 Å². The van der Waals surface area contributed by atoms with E-state index >= 15 is 0 Å². The second-order valence-corrected chi connectivity index (χ2v) is 3.87. The van der Waals surface area contributed by atoms with Crippen molar-refractivity contribution < 1.29 is 8.81 Å². The van der Waals surface area contributed by atoms with Gasteiger partial charge in [-0.3, -0.25) is 0 Å². The zero-order valence-electron chi connectivity index (χ0n) is 7.96. The van der Waals surface area contributed by atoms with Gasteiger partial charge in [0.05, 0.1) is 0 Å². The van der Waals surface area contributed by atoms with E-state index in [4.69, 9.17) is 9.68 Å². The molecule has 0 radical (unpaired) electrons. The minimum Gasteiger partial charge on any atom is -0.445 e. The minimum absolute atomic E-state index is 0.283. The Bertz CT molecular complexity index is 575. The van der Waals surface area contributed by atoms with Gasteiger partial charge in [0.15, 0.2) is 0 Å². The Balaban J connectivity index is 2.36. The molecule has 0 N–H and O–H groups in total. The highest BCUT2D eigenvalue weighted by Crippen LogP contribution is 2.45. The number of furan rings is 1. The number of hydrogen-bond acceptors (Lipinski definition) is 2. The minimum atomic E-state index is -0.283. The third-order valence-corrected chi connectivity index (χ3v) is 2.78. The Kier molecular flexibility index (Phi) is 1.60. The fourth-order valence-corrected chi connectivity index (χ4v) is 1.95. The van der Waals surface area contributed by atoms with Crippen molar-refractivity contribution in [3.05, 3.63) is 35.3 Å². The van der Waals surface area contributed by atoms with Gasteiger partial charge in [-0.15, -0.1) is 0 Å². The average Bonchev–Trinajstić information content (AvgIpc) is 2.99. The summed E-state index contributed by atoms with van der Waals surface area (Å²) in [4.78, 5) is 0. The summed E-state index contributed by atoms with van der Waals surface area (Å²) in [7, 11) is 0. The van der Waals surface area contributed by atoms with Gasteiger partial charge in [0, 0.05) is 10.9 Å². The molecule has 1 aromatic carbocycles. The Morgan fingerprint density at radius 1 is 1.40 bits per heavy atom. The van der Waals surface area contributed by atoms with Crippen LogP contribution in [0.1, 0.15) is 30.1 Å². The van der Waals surface area contributed by atoms with Crippen LogP contribution in [0, 0.1) is 17.1 Å². The van der Waals surface area contributed by atoms with Crippen molar-refractivity contribution in [2.24, 2.45) is 0 Å². The van der Waals surface area contributed by atoms with Crippen molar-refractivity contribution in [2.75, 3.05) is 0 Å². The van der Waals surface area contributed by atoms with Gasteiger partial charge < -0.3 is 4.42 Å². The van der Waals surface area contributed by atoms with Crippen LogP contribution in [0.2, 0.25) is 0 Å². The van der Waals surface area contributed by atoms with E-state index in [1.165, 1.54) is 12.1 Å². The van der Waals surface area contributed by atoms with Crippen LogP contribution in [-0.2, 0) is 0 Å². The van der Waals surface area contributed by atoms with Gasteiger partial charge in [-0.05, 0) is 37.0 Å². The number of rotatable bonds is 1. The van der Waals surface area contributed by atoms with Gasteiger partial charge in [0.25, 0.3) is 0 Å². The zero-order valence-corrected chi connectivity index (χ0v) is 7.96. The molecule has 0 spiro atoms. The van der Waals surface area contributed by atoms with Crippen LogP contribution in [0.4, 0.5) is 4.39 Å². The van der Waals surface area contributed by atoms with E-state index in [9.17, 15) is 4.39 Å². The molecule has 0 saturated heterocycles.